The summed E-state index contributed by atoms with van der Waals surface area (Å²) in [6.07, 6.45) is 3.38. The van der Waals surface area contributed by atoms with Gasteiger partial charge in [0.05, 0.1) is 5.56 Å². The monoisotopic (exact) mass is 315 g/mol. The highest BCUT2D eigenvalue weighted by Crippen LogP contribution is 2.28. The van der Waals surface area contributed by atoms with Crippen molar-refractivity contribution < 1.29 is 9.21 Å². The molecule has 1 amide bonds. The summed E-state index contributed by atoms with van der Waals surface area (Å²) < 4.78 is 5.51. The number of anilines is 1. The standard InChI is InChI=1S/C16H21N5O2/c1-11-18-19-15(23-11)12-6-9-21(10-7-12)16(22)13-5-4-8-17-14(13)20(2)3/h4-5,8,12H,6-7,9-10H2,1-3H3. The minimum atomic E-state index is 0.0296. The van der Waals surface area contributed by atoms with E-state index in [1.165, 1.54) is 0 Å². The number of carbonyl (C=O) groups excluding carboxylic acids is 1. The van der Waals surface area contributed by atoms with Gasteiger partial charge < -0.3 is 14.2 Å². The molecule has 3 rings (SSSR count). The van der Waals surface area contributed by atoms with Gasteiger partial charge in [0.1, 0.15) is 5.82 Å². The molecule has 0 spiro atoms. The zero-order valence-electron chi connectivity index (χ0n) is 13.7. The van der Waals surface area contributed by atoms with E-state index in [2.05, 4.69) is 15.2 Å². The molecule has 0 unspecified atom stereocenters. The van der Waals surface area contributed by atoms with E-state index < -0.39 is 0 Å². The Hall–Kier alpha value is -2.44. The Morgan fingerprint density at radius 1 is 1.30 bits per heavy atom. The van der Waals surface area contributed by atoms with E-state index in [-0.39, 0.29) is 11.8 Å². The number of aromatic nitrogens is 3. The van der Waals surface area contributed by atoms with Crippen LogP contribution in [0.15, 0.2) is 22.7 Å². The van der Waals surface area contributed by atoms with E-state index >= 15 is 0 Å². The van der Waals surface area contributed by atoms with Gasteiger partial charge >= 0.3 is 0 Å². The van der Waals surface area contributed by atoms with Gasteiger partial charge in [0.15, 0.2) is 0 Å². The molecule has 0 atom stereocenters. The SMILES string of the molecule is Cc1nnc(C2CCN(C(=O)c3cccnc3N(C)C)CC2)o1. The predicted molar refractivity (Wildman–Crippen MR) is 85.5 cm³/mol. The number of likely N-dealkylation sites (tertiary alicyclic amines) is 1. The molecule has 7 heteroatoms. The van der Waals surface area contributed by atoms with Crippen LogP contribution < -0.4 is 4.90 Å². The van der Waals surface area contributed by atoms with Crippen molar-refractivity contribution in [1.29, 1.82) is 0 Å². The van der Waals surface area contributed by atoms with Gasteiger partial charge in [0.2, 0.25) is 11.8 Å². The molecule has 2 aromatic heterocycles. The first-order valence-corrected chi connectivity index (χ1v) is 7.78. The van der Waals surface area contributed by atoms with Gasteiger partial charge in [0, 0.05) is 46.2 Å². The minimum Gasteiger partial charge on any atom is -0.425 e. The van der Waals surface area contributed by atoms with Gasteiger partial charge in [-0.15, -0.1) is 10.2 Å². The molecule has 0 N–H and O–H groups in total. The molecule has 1 aliphatic heterocycles. The van der Waals surface area contributed by atoms with Crippen molar-refractivity contribution in [3.63, 3.8) is 0 Å². The van der Waals surface area contributed by atoms with Crippen LogP contribution in [0.3, 0.4) is 0 Å². The molecule has 1 saturated heterocycles. The van der Waals surface area contributed by atoms with Gasteiger partial charge in [-0.05, 0) is 25.0 Å². The lowest BCUT2D eigenvalue weighted by molar-refractivity contribution is 0.0706. The van der Waals surface area contributed by atoms with E-state index in [1.54, 1.807) is 19.2 Å². The maximum absolute atomic E-state index is 12.8. The predicted octanol–water partition coefficient (Wildman–Crippen LogP) is 1.86. The molecule has 0 aliphatic carbocycles. The Balaban J connectivity index is 1.69. The highest BCUT2D eigenvalue weighted by atomic mass is 16.4. The summed E-state index contributed by atoms with van der Waals surface area (Å²) >= 11 is 0. The lowest BCUT2D eigenvalue weighted by Crippen LogP contribution is -2.38. The van der Waals surface area contributed by atoms with Crippen LogP contribution in [-0.4, -0.2) is 53.2 Å². The number of hydrogen-bond acceptors (Lipinski definition) is 6. The van der Waals surface area contributed by atoms with Gasteiger partial charge in [-0.3, -0.25) is 4.79 Å². The number of carbonyl (C=O) groups is 1. The number of hydrogen-bond donors (Lipinski definition) is 0. The minimum absolute atomic E-state index is 0.0296. The van der Waals surface area contributed by atoms with Gasteiger partial charge in [0.25, 0.3) is 5.91 Å². The third kappa shape index (κ3) is 3.18. The fraction of sp³-hybridized carbons (Fsp3) is 0.500. The van der Waals surface area contributed by atoms with Crippen LogP contribution in [0.4, 0.5) is 5.82 Å². The number of piperidine rings is 1. The maximum Gasteiger partial charge on any atom is 0.257 e. The van der Waals surface area contributed by atoms with Crippen LogP contribution in [0.2, 0.25) is 0 Å². The number of amides is 1. The van der Waals surface area contributed by atoms with E-state index in [1.807, 2.05) is 30.0 Å². The maximum atomic E-state index is 12.8. The van der Waals surface area contributed by atoms with Crippen molar-refractivity contribution in [1.82, 2.24) is 20.1 Å². The molecule has 0 radical (unpaired) electrons. The third-order valence-corrected chi connectivity index (χ3v) is 4.11. The number of nitrogens with zero attached hydrogens (tertiary/aromatic N) is 5. The summed E-state index contributed by atoms with van der Waals surface area (Å²) in [5.41, 5.74) is 0.643. The number of aryl methyl sites for hydroxylation is 1. The van der Waals surface area contributed by atoms with Crippen LogP contribution in [0.1, 0.15) is 40.9 Å². The zero-order valence-corrected chi connectivity index (χ0v) is 13.7. The summed E-state index contributed by atoms with van der Waals surface area (Å²) in [6.45, 7) is 3.17. The van der Waals surface area contributed by atoms with Crippen molar-refractivity contribution in [3.05, 3.63) is 35.7 Å². The van der Waals surface area contributed by atoms with E-state index in [9.17, 15) is 4.79 Å². The van der Waals surface area contributed by atoms with Crippen LogP contribution in [-0.2, 0) is 0 Å². The molecule has 1 fully saturated rings. The van der Waals surface area contributed by atoms with Gasteiger partial charge in [-0.2, -0.15) is 0 Å². The highest BCUT2D eigenvalue weighted by Gasteiger charge is 2.28. The molecule has 122 valence electrons. The quantitative estimate of drug-likeness (QED) is 0.860. The molecule has 7 nitrogen and oxygen atoms in total. The molecule has 3 heterocycles. The molecular weight excluding hydrogens is 294 g/mol. The van der Waals surface area contributed by atoms with Gasteiger partial charge in [-0.1, -0.05) is 0 Å². The van der Waals surface area contributed by atoms with Crippen molar-refractivity contribution in [2.24, 2.45) is 0 Å². The largest absolute Gasteiger partial charge is 0.425 e. The molecule has 0 saturated carbocycles. The first-order valence-electron chi connectivity index (χ1n) is 7.78. The second kappa shape index (κ2) is 6.36. The van der Waals surface area contributed by atoms with Gasteiger partial charge in [-0.25, -0.2) is 4.98 Å². The smallest absolute Gasteiger partial charge is 0.257 e. The third-order valence-electron chi connectivity index (χ3n) is 4.11. The summed E-state index contributed by atoms with van der Waals surface area (Å²) in [5, 5.41) is 7.98. The Morgan fingerprint density at radius 3 is 2.65 bits per heavy atom. The Kier molecular flexibility index (Phi) is 4.27. The topological polar surface area (TPSA) is 75.4 Å². The Bertz CT molecular complexity index is 689. The first-order chi connectivity index (χ1) is 11.1. The summed E-state index contributed by atoms with van der Waals surface area (Å²) in [7, 11) is 3.78. The average molecular weight is 315 g/mol. The van der Waals surface area contributed by atoms with Crippen LogP contribution in [0.25, 0.3) is 0 Å². The van der Waals surface area contributed by atoms with Crippen LogP contribution in [0, 0.1) is 6.92 Å². The lowest BCUT2D eigenvalue weighted by atomic mass is 9.96. The number of rotatable bonds is 3. The van der Waals surface area contributed by atoms with Crippen molar-refractivity contribution in [2.45, 2.75) is 25.7 Å². The average Bonchev–Trinajstić information content (AvgIpc) is 3.01. The Labute approximate surface area is 135 Å². The summed E-state index contributed by atoms with van der Waals surface area (Å²) in [6, 6.07) is 3.63. The Morgan fingerprint density at radius 2 is 2.04 bits per heavy atom. The fourth-order valence-corrected chi connectivity index (χ4v) is 2.90. The van der Waals surface area contributed by atoms with Crippen LogP contribution >= 0.6 is 0 Å². The van der Waals surface area contributed by atoms with Crippen molar-refractivity contribution in [2.75, 3.05) is 32.1 Å². The highest BCUT2D eigenvalue weighted by molar-refractivity contribution is 5.98. The molecule has 0 bridgehead atoms. The molecule has 23 heavy (non-hydrogen) atoms. The number of pyridine rings is 1. The summed E-state index contributed by atoms with van der Waals surface area (Å²) in [4.78, 5) is 20.8. The van der Waals surface area contributed by atoms with E-state index in [0.29, 0.717) is 36.3 Å². The lowest BCUT2D eigenvalue weighted by Gasteiger charge is -2.31. The van der Waals surface area contributed by atoms with Crippen molar-refractivity contribution >= 4 is 11.7 Å². The van der Waals surface area contributed by atoms with E-state index in [0.717, 1.165) is 12.8 Å². The second-order valence-electron chi connectivity index (χ2n) is 5.99. The second-order valence-corrected chi connectivity index (χ2v) is 5.99. The molecular formula is C16H21N5O2. The fourth-order valence-electron chi connectivity index (χ4n) is 2.90. The first kappa shape index (κ1) is 15.5. The molecule has 2 aromatic rings. The zero-order chi connectivity index (χ0) is 16.4. The molecule has 1 aliphatic rings. The molecule has 0 aromatic carbocycles. The van der Waals surface area contributed by atoms with Crippen molar-refractivity contribution in [3.8, 4) is 0 Å². The van der Waals surface area contributed by atoms with Crippen LogP contribution in [0.5, 0.6) is 0 Å². The summed E-state index contributed by atoms with van der Waals surface area (Å²) in [5.74, 6) is 2.24. The normalized spacial score (nSPS) is 15.7. The van der Waals surface area contributed by atoms with E-state index in [4.69, 9.17) is 4.42 Å².